The molecule has 7 heteroatoms. The molecule has 2 atom stereocenters. The van der Waals surface area contributed by atoms with Crippen LogP contribution in [-0.4, -0.2) is 52.7 Å². The molecule has 0 radical (unpaired) electrons. The molecule has 0 aromatic heterocycles. The van der Waals surface area contributed by atoms with Gasteiger partial charge in [0, 0.05) is 19.4 Å². The van der Waals surface area contributed by atoms with Gasteiger partial charge in [-0.05, 0) is 47.1 Å². The maximum atomic E-state index is 12.9. The van der Waals surface area contributed by atoms with Crippen molar-refractivity contribution in [3.63, 3.8) is 0 Å². The van der Waals surface area contributed by atoms with Crippen LogP contribution in [0.25, 0.3) is 0 Å². The monoisotopic (exact) mass is 404 g/mol. The first kappa shape index (κ1) is 22.7. The summed E-state index contributed by atoms with van der Waals surface area (Å²) in [6.07, 6.45) is -0.109. The predicted octanol–water partition coefficient (Wildman–Crippen LogP) is 3.07. The lowest BCUT2D eigenvalue weighted by molar-refractivity contribution is -0.163. The molecule has 2 amide bonds. The van der Waals surface area contributed by atoms with Crippen LogP contribution >= 0.6 is 0 Å². The number of nitrogens with zero attached hydrogens (tertiary/aromatic N) is 1. The molecule has 0 aliphatic carbocycles. The molecular formula is C22H32N2O5. The zero-order valence-corrected chi connectivity index (χ0v) is 18.2. The number of nitrogens with one attached hydrogen (secondary N) is 1. The van der Waals surface area contributed by atoms with E-state index in [1.54, 1.807) is 41.5 Å². The van der Waals surface area contributed by atoms with Crippen molar-refractivity contribution >= 4 is 18.0 Å². The highest BCUT2D eigenvalue weighted by atomic mass is 16.6. The molecule has 0 spiro atoms. The lowest BCUT2D eigenvalue weighted by Crippen LogP contribution is -2.48. The number of esters is 1. The first-order valence-corrected chi connectivity index (χ1v) is 9.90. The molecule has 1 saturated heterocycles. The Morgan fingerprint density at radius 2 is 1.66 bits per heavy atom. The summed E-state index contributed by atoms with van der Waals surface area (Å²) in [4.78, 5) is 39.1. The van der Waals surface area contributed by atoms with E-state index in [1.165, 1.54) is 4.90 Å². The van der Waals surface area contributed by atoms with Gasteiger partial charge in [-0.3, -0.25) is 4.79 Å². The lowest BCUT2D eigenvalue weighted by atomic mass is 10.0. The van der Waals surface area contributed by atoms with Gasteiger partial charge in [0.1, 0.15) is 17.2 Å². The Labute approximate surface area is 172 Å². The van der Waals surface area contributed by atoms with Crippen LogP contribution in [-0.2, 0) is 25.5 Å². The molecular weight excluding hydrogens is 372 g/mol. The summed E-state index contributed by atoms with van der Waals surface area (Å²) < 4.78 is 10.8. The number of amides is 2. The highest BCUT2D eigenvalue weighted by Crippen LogP contribution is 2.21. The van der Waals surface area contributed by atoms with Gasteiger partial charge in [-0.1, -0.05) is 30.3 Å². The fourth-order valence-corrected chi connectivity index (χ4v) is 3.13. The summed E-state index contributed by atoms with van der Waals surface area (Å²) in [7, 11) is 0. The molecule has 1 fully saturated rings. The van der Waals surface area contributed by atoms with Crippen molar-refractivity contribution in [3.05, 3.63) is 35.9 Å². The smallest absolute Gasteiger partial charge is 0.407 e. The van der Waals surface area contributed by atoms with Gasteiger partial charge in [0.05, 0.1) is 6.04 Å². The van der Waals surface area contributed by atoms with Crippen molar-refractivity contribution < 1.29 is 23.9 Å². The number of hydrogen-bond donors (Lipinski definition) is 1. The molecule has 0 unspecified atom stereocenters. The summed E-state index contributed by atoms with van der Waals surface area (Å²) in [5.74, 6) is -0.648. The molecule has 1 aromatic rings. The minimum absolute atomic E-state index is 0.118. The quantitative estimate of drug-likeness (QED) is 0.763. The van der Waals surface area contributed by atoms with Crippen LogP contribution in [0, 0.1) is 0 Å². The van der Waals surface area contributed by atoms with Gasteiger partial charge in [0.25, 0.3) is 0 Å². The molecule has 1 aromatic carbocycles. The van der Waals surface area contributed by atoms with E-state index in [1.807, 2.05) is 30.3 Å². The van der Waals surface area contributed by atoms with Crippen LogP contribution in [0.1, 0.15) is 53.5 Å². The average molecular weight is 405 g/mol. The third-order valence-corrected chi connectivity index (χ3v) is 4.21. The largest absolute Gasteiger partial charge is 0.458 e. The average Bonchev–Trinajstić information content (AvgIpc) is 2.90. The molecule has 160 valence electrons. The van der Waals surface area contributed by atoms with E-state index in [0.29, 0.717) is 6.42 Å². The minimum atomic E-state index is -0.755. The van der Waals surface area contributed by atoms with Crippen LogP contribution in [0.2, 0.25) is 0 Å². The van der Waals surface area contributed by atoms with Gasteiger partial charge in [0.15, 0.2) is 0 Å². The normalized spacial score (nSPS) is 18.3. The van der Waals surface area contributed by atoms with Crippen molar-refractivity contribution in [2.75, 3.05) is 6.54 Å². The first-order chi connectivity index (χ1) is 13.3. The number of likely N-dealkylation sites (tertiary alicyclic amines) is 1. The number of carbonyl (C=O) groups is 3. The molecule has 1 heterocycles. The fraction of sp³-hybridized carbons (Fsp3) is 0.591. The lowest BCUT2D eigenvalue weighted by Gasteiger charge is -2.30. The molecule has 2 rings (SSSR count). The Bertz CT molecular complexity index is 734. The van der Waals surface area contributed by atoms with Crippen LogP contribution in [0.15, 0.2) is 30.3 Å². The van der Waals surface area contributed by atoms with E-state index in [-0.39, 0.29) is 18.9 Å². The predicted molar refractivity (Wildman–Crippen MR) is 109 cm³/mol. The Morgan fingerprint density at radius 3 is 2.21 bits per heavy atom. The van der Waals surface area contributed by atoms with Crippen molar-refractivity contribution in [2.24, 2.45) is 0 Å². The second-order valence-electron chi connectivity index (χ2n) is 9.33. The highest BCUT2D eigenvalue weighted by Gasteiger charge is 2.40. The molecule has 0 saturated carbocycles. The van der Waals surface area contributed by atoms with Gasteiger partial charge in [-0.15, -0.1) is 0 Å². The molecule has 1 aliphatic heterocycles. The number of alkyl carbamates (subject to hydrolysis) is 1. The minimum Gasteiger partial charge on any atom is -0.458 e. The van der Waals surface area contributed by atoms with E-state index >= 15 is 0 Å². The van der Waals surface area contributed by atoms with E-state index in [9.17, 15) is 14.4 Å². The van der Waals surface area contributed by atoms with Crippen molar-refractivity contribution in [2.45, 2.75) is 77.7 Å². The van der Waals surface area contributed by atoms with Gasteiger partial charge >= 0.3 is 12.1 Å². The number of ether oxygens (including phenoxy) is 2. The van der Waals surface area contributed by atoms with Crippen molar-refractivity contribution in [1.29, 1.82) is 0 Å². The SMILES string of the molecule is CC(C)(C)OC(=O)N[C@H]1CC(=O)N([C@@H](Cc2ccccc2)C(=O)OC(C)(C)C)C1. The van der Waals surface area contributed by atoms with Crippen molar-refractivity contribution in [3.8, 4) is 0 Å². The standard InChI is InChI=1S/C22H32N2O5/c1-21(2,3)28-19(26)17(12-15-10-8-7-9-11-15)24-14-16(13-18(24)25)23-20(27)29-22(4,5)6/h7-11,16-17H,12-14H2,1-6H3,(H,23,27)/t16-,17-/m0/s1. The van der Waals surface area contributed by atoms with E-state index in [4.69, 9.17) is 9.47 Å². The van der Waals surface area contributed by atoms with Gasteiger partial charge in [-0.2, -0.15) is 0 Å². The number of carbonyl (C=O) groups excluding carboxylic acids is 3. The van der Waals surface area contributed by atoms with Crippen molar-refractivity contribution in [1.82, 2.24) is 10.2 Å². The van der Waals surface area contributed by atoms with Crippen LogP contribution in [0.4, 0.5) is 4.79 Å². The fourth-order valence-electron chi connectivity index (χ4n) is 3.13. The summed E-state index contributed by atoms with van der Waals surface area (Å²) in [5.41, 5.74) is -0.360. The second-order valence-corrected chi connectivity index (χ2v) is 9.33. The van der Waals surface area contributed by atoms with Gasteiger partial charge in [0.2, 0.25) is 5.91 Å². The molecule has 29 heavy (non-hydrogen) atoms. The number of hydrogen-bond acceptors (Lipinski definition) is 5. The molecule has 7 nitrogen and oxygen atoms in total. The Balaban J connectivity index is 2.14. The summed E-state index contributed by atoms with van der Waals surface area (Å²) >= 11 is 0. The third-order valence-electron chi connectivity index (χ3n) is 4.21. The van der Waals surface area contributed by atoms with Gasteiger partial charge < -0.3 is 19.7 Å². The zero-order chi connectivity index (χ0) is 21.8. The molecule has 0 bridgehead atoms. The Hall–Kier alpha value is -2.57. The van der Waals surface area contributed by atoms with E-state index in [0.717, 1.165) is 5.56 Å². The topological polar surface area (TPSA) is 84.9 Å². The second kappa shape index (κ2) is 8.84. The van der Waals surface area contributed by atoms with Crippen LogP contribution < -0.4 is 5.32 Å². The third kappa shape index (κ3) is 7.40. The van der Waals surface area contributed by atoms with Gasteiger partial charge in [-0.25, -0.2) is 9.59 Å². The van der Waals surface area contributed by atoms with Crippen LogP contribution in [0.5, 0.6) is 0 Å². The van der Waals surface area contributed by atoms with E-state index < -0.39 is 35.3 Å². The Morgan fingerprint density at radius 1 is 1.07 bits per heavy atom. The van der Waals surface area contributed by atoms with Crippen LogP contribution in [0.3, 0.4) is 0 Å². The van der Waals surface area contributed by atoms with E-state index in [2.05, 4.69) is 5.32 Å². The maximum absolute atomic E-state index is 12.9. The Kier molecular flexibility index (Phi) is 6.93. The highest BCUT2D eigenvalue weighted by molar-refractivity contribution is 5.87. The summed E-state index contributed by atoms with van der Waals surface area (Å²) in [5, 5.41) is 2.73. The number of benzene rings is 1. The zero-order valence-electron chi connectivity index (χ0n) is 18.2. The molecule has 1 N–H and O–H groups in total. The first-order valence-electron chi connectivity index (χ1n) is 9.90. The number of rotatable bonds is 5. The summed E-state index contributed by atoms with van der Waals surface area (Å²) in [6, 6.07) is 8.32. The maximum Gasteiger partial charge on any atom is 0.407 e. The molecule has 1 aliphatic rings. The summed E-state index contributed by atoms with van der Waals surface area (Å²) in [6.45, 7) is 10.9.